The first-order valence-electron chi connectivity index (χ1n) is 8.64. The summed E-state index contributed by atoms with van der Waals surface area (Å²) in [4.78, 5) is 13.7. The molecule has 0 saturated carbocycles. The van der Waals surface area contributed by atoms with Gasteiger partial charge < -0.3 is 9.64 Å². The molecule has 0 radical (unpaired) electrons. The van der Waals surface area contributed by atoms with Gasteiger partial charge in [0, 0.05) is 30.6 Å². The quantitative estimate of drug-likeness (QED) is 0.655. The molecule has 1 aliphatic rings. The van der Waals surface area contributed by atoms with Gasteiger partial charge in [-0.25, -0.2) is 9.97 Å². The highest BCUT2D eigenvalue weighted by atomic mass is 35.5. The van der Waals surface area contributed by atoms with Crippen molar-refractivity contribution in [2.75, 3.05) is 18.0 Å². The van der Waals surface area contributed by atoms with Crippen LogP contribution in [0.15, 0.2) is 24.4 Å². The van der Waals surface area contributed by atoms with Crippen molar-refractivity contribution >= 4 is 23.2 Å². The topological polar surface area (TPSA) is 68.4 Å². The average Bonchev–Trinajstić information content (AvgIpc) is 3.07. The number of fused-ring (bicyclic) bond motifs is 1. The summed E-state index contributed by atoms with van der Waals surface area (Å²) >= 11 is 5.83. The predicted octanol–water partition coefficient (Wildman–Crippen LogP) is 3.55. The van der Waals surface area contributed by atoms with Gasteiger partial charge in [-0.15, -0.1) is 5.10 Å². The summed E-state index contributed by atoms with van der Waals surface area (Å²) in [5.41, 5.74) is 0.561. The number of aromatic nitrogens is 5. The summed E-state index contributed by atoms with van der Waals surface area (Å²) in [6.07, 6.45) is -1.69. The number of rotatable bonds is 3. The van der Waals surface area contributed by atoms with Gasteiger partial charge in [0.05, 0.1) is 11.6 Å². The summed E-state index contributed by atoms with van der Waals surface area (Å²) in [5, 5.41) is 4.14. The number of halogens is 4. The van der Waals surface area contributed by atoms with Crippen molar-refractivity contribution < 1.29 is 17.9 Å². The maximum absolute atomic E-state index is 13.0. The molecule has 0 amide bonds. The fraction of sp³-hybridized carbons (Fsp3) is 0.412. The Bertz CT molecular complexity index is 991. The van der Waals surface area contributed by atoms with E-state index in [-0.39, 0.29) is 11.9 Å². The third-order valence-corrected chi connectivity index (χ3v) is 4.59. The van der Waals surface area contributed by atoms with Crippen molar-refractivity contribution in [3.63, 3.8) is 0 Å². The van der Waals surface area contributed by atoms with Crippen LogP contribution in [0.1, 0.15) is 24.4 Å². The lowest BCUT2D eigenvalue weighted by Crippen LogP contribution is -2.42. The highest BCUT2D eigenvalue weighted by molar-refractivity contribution is 6.30. The van der Waals surface area contributed by atoms with Crippen molar-refractivity contribution in [1.29, 1.82) is 0 Å². The maximum Gasteiger partial charge on any atom is 0.453 e. The van der Waals surface area contributed by atoms with Crippen LogP contribution in [-0.4, -0.2) is 43.8 Å². The monoisotopic (exact) mass is 412 g/mol. The zero-order valence-electron chi connectivity index (χ0n) is 14.8. The SMILES string of the molecule is Cc1cc(N2CCCC(Oc3ccc(Cl)cn3)C2)n2nc(C(F)(F)F)nc2n1. The lowest BCUT2D eigenvalue weighted by atomic mass is 10.1. The molecule has 1 saturated heterocycles. The van der Waals surface area contributed by atoms with Crippen LogP contribution in [0.4, 0.5) is 19.0 Å². The summed E-state index contributed by atoms with van der Waals surface area (Å²) in [5.74, 6) is -0.331. The van der Waals surface area contributed by atoms with Crippen molar-refractivity contribution in [3.05, 3.63) is 40.9 Å². The van der Waals surface area contributed by atoms with E-state index < -0.39 is 12.0 Å². The van der Waals surface area contributed by atoms with Crippen molar-refractivity contribution in [2.24, 2.45) is 0 Å². The molecule has 0 aliphatic carbocycles. The minimum atomic E-state index is -4.63. The summed E-state index contributed by atoms with van der Waals surface area (Å²) < 4.78 is 46.1. The Kier molecular flexibility index (Phi) is 4.74. The standard InChI is InChI=1S/C17H16ClF3N6O/c1-10-7-14(27-16(23-10)24-15(25-27)17(19,20)21)26-6-2-3-12(9-26)28-13-5-4-11(18)8-22-13/h4-5,7-8,12H,2-3,6,9H2,1H3. The first-order chi connectivity index (χ1) is 13.3. The molecule has 0 aromatic carbocycles. The normalized spacial score (nSPS) is 17.9. The summed E-state index contributed by atoms with van der Waals surface area (Å²) in [6, 6.07) is 5.07. The molecule has 1 fully saturated rings. The van der Waals surface area contributed by atoms with Gasteiger partial charge in [-0.1, -0.05) is 11.6 Å². The van der Waals surface area contributed by atoms with Gasteiger partial charge >= 0.3 is 6.18 Å². The minimum absolute atomic E-state index is 0.0789. The van der Waals surface area contributed by atoms with E-state index in [0.29, 0.717) is 35.5 Å². The molecule has 7 nitrogen and oxygen atoms in total. The Morgan fingerprint density at radius 3 is 2.79 bits per heavy atom. The van der Waals surface area contributed by atoms with Crippen LogP contribution >= 0.6 is 11.6 Å². The number of alkyl halides is 3. The van der Waals surface area contributed by atoms with E-state index in [1.165, 1.54) is 6.20 Å². The number of ether oxygens (including phenoxy) is 1. The van der Waals surface area contributed by atoms with Crippen molar-refractivity contribution in [3.8, 4) is 5.88 Å². The maximum atomic E-state index is 13.0. The summed E-state index contributed by atoms with van der Waals surface area (Å²) in [7, 11) is 0. The van der Waals surface area contributed by atoms with Crippen molar-refractivity contribution in [1.82, 2.24) is 24.6 Å². The molecular weight excluding hydrogens is 397 g/mol. The molecular formula is C17H16ClF3N6O. The Labute approximate surface area is 163 Å². The second-order valence-corrected chi connectivity index (χ2v) is 6.98. The Balaban J connectivity index is 1.61. The first-order valence-corrected chi connectivity index (χ1v) is 9.02. The number of piperidine rings is 1. The van der Waals surface area contributed by atoms with E-state index in [4.69, 9.17) is 16.3 Å². The number of anilines is 1. The first kappa shape index (κ1) is 18.7. The molecule has 1 unspecified atom stereocenters. The van der Waals surface area contributed by atoms with Gasteiger partial charge in [-0.05, 0) is 25.8 Å². The third-order valence-electron chi connectivity index (χ3n) is 4.36. The molecule has 0 spiro atoms. The lowest BCUT2D eigenvalue weighted by molar-refractivity contribution is -0.144. The number of hydrogen-bond acceptors (Lipinski definition) is 6. The minimum Gasteiger partial charge on any atom is -0.472 e. The number of nitrogens with zero attached hydrogens (tertiary/aromatic N) is 6. The number of pyridine rings is 1. The molecule has 1 atom stereocenters. The van der Waals surface area contributed by atoms with Gasteiger partial charge in [0.25, 0.3) is 11.6 Å². The Morgan fingerprint density at radius 2 is 2.07 bits per heavy atom. The molecule has 148 valence electrons. The molecule has 4 rings (SSSR count). The third kappa shape index (κ3) is 3.82. The van der Waals surface area contributed by atoms with Gasteiger partial charge in [-0.2, -0.15) is 22.7 Å². The predicted molar refractivity (Wildman–Crippen MR) is 95.6 cm³/mol. The van der Waals surface area contributed by atoms with E-state index in [9.17, 15) is 13.2 Å². The summed E-state index contributed by atoms with van der Waals surface area (Å²) in [6.45, 7) is 2.85. The van der Waals surface area contributed by atoms with Crippen LogP contribution in [-0.2, 0) is 6.18 Å². The molecule has 0 N–H and O–H groups in total. The van der Waals surface area contributed by atoms with E-state index in [2.05, 4.69) is 20.1 Å². The van der Waals surface area contributed by atoms with Crippen LogP contribution in [0.2, 0.25) is 5.02 Å². The van der Waals surface area contributed by atoms with Gasteiger partial charge in [0.1, 0.15) is 11.9 Å². The molecule has 3 aromatic heterocycles. The van der Waals surface area contributed by atoms with Crippen molar-refractivity contribution in [2.45, 2.75) is 32.0 Å². The fourth-order valence-electron chi connectivity index (χ4n) is 3.16. The van der Waals surface area contributed by atoms with Crippen LogP contribution < -0.4 is 9.64 Å². The Morgan fingerprint density at radius 1 is 1.25 bits per heavy atom. The Hall–Kier alpha value is -2.62. The molecule has 0 bridgehead atoms. The second kappa shape index (κ2) is 7.08. The van der Waals surface area contributed by atoms with Gasteiger partial charge in [0.15, 0.2) is 0 Å². The second-order valence-electron chi connectivity index (χ2n) is 6.54. The van der Waals surface area contributed by atoms with E-state index in [1.807, 2.05) is 4.90 Å². The van der Waals surface area contributed by atoms with Gasteiger partial charge in [-0.3, -0.25) is 0 Å². The largest absolute Gasteiger partial charge is 0.472 e. The zero-order chi connectivity index (χ0) is 19.9. The number of aryl methyl sites for hydroxylation is 1. The van der Waals surface area contributed by atoms with E-state index in [0.717, 1.165) is 17.4 Å². The molecule has 4 heterocycles. The highest BCUT2D eigenvalue weighted by Gasteiger charge is 2.37. The molecule has 28 heavy (non-hydrogen) atoms. The van der Waals surface area contributed by atoms with E-state index >= 15 is 0 Å². The lowest BCUT2D eigenvalue weighted by Gasteiger charge is -2.34. The molecule has 11 heteroatoms. The zero-order valence-corrected chi connectivity index (χ0v) is 15.6. The molecule has 1 aliphatic heterocycles. The van der Waals surface area contributed by atoms with Gasteiger partial charge in [0.2, 0.25) is 5.88 Å². The molecule has 3 aromatic rings. The number of hydrogen-bond donors (Lipinski definition) is 0. The van der Waals surface area contributed by atoms with E-state index in [1.54, 1.807) is 25.1 Å². The average molecular weight is 413 g/mol. The fourth-order valence-corrected chi connectivity index (χ4v) is 3.27. The van der Waals surface area contributed by atoms with Crippen LogP contribution in [0.3, 0.4) is 0 Å². The van der Waals surface area contributed by atoms with Crippen LogP contribution in [0.25, 0.3) is 5.78 Å². The van der Waals surface area contributed by atoms with Crippen LogP contribution in [0, 0.1) is 6.92 Å². The smallest absolute Gasteiger partial charge is 0.453 e. The van der Waals surface area contributed by atoms with Crippen LogP contribution in [0.5, 0.6) is 5.88 Å². The highest BCUT2D eigenvalue weighted by Crippen LogP contribution is 2.29.